The van der Waals surface area contributed by atoms with E-state index in [-0.39, 0.29) is 0 Å². The number of rotatable bonds is 4. The third-order valence-electron chi connectivity index (χ3n) is 0.575. The Morgan fingerprint density at radius 2 is 1.44 bits per heavy atom. The van der Waals surface area contributed by atoms with Crippen LogP contribution in [0.15, 0.2) is 0 Å². The first-order chi connectivity index (χ1) is 4.41. The molecule has 0 unspecified atom stereocenters. The zero-order valence-electron chi connectivity index (χ0n) is 6.64. The van der Waals surface area contributed by atoms with Gasteiger partial charge in [0.1, 0.15) is 0 Å². The van der Waals surface area contributed by atoms with Crippen LogP contribution in [0.4, 0.5) is 0 Å². The van der Waals surface area contributed by atoms with Crippen LogP contribution < -0.4 is 0 Å². The van der Waals surface area contributed by atoms with Crippen LogP contribution in [0.2, 0.25) is 0 Å². The van der Waals surface area contributed by atoms with E-state index < -0.39 is 15.9 Å². The van der Waals surface area contributed by atoms with Crippen molar-refractivity contribution in [1.29, 1.82) is 0 Å². The smallest absolute Gasteiger partial charge is 0.481 e. The van der Waals surface area contributed by atoms with Crippen molar-refractivity contribution in [3.8, 4) is 0 Å². The molecule has 0 amide bonds. The zero-order chi connectivity index (χ0) is 7.54. The van der Waals surface area contributed by atoms with Crippen LogP contribution in [0.1, 0.15) is 20.8 Å². The summed E-state index contributed by atoms with van der Waals surface area (Å²) in [7, 11) is 0. The second-order valence-corrected chi connectivity index (χ2v) is 2.16. The summed E-state index contributed by atoms with van der Waals surface area (Å²) in [5, 5.41) is 0. The average molecular weight is 147 g/mol. The maximum absolute atomic E-state index is 4.99. The fraction of sp³-hybridized carbons (Fsp3) is 0.833. The molecule has 1 radical (unpaired) electrons. The molecule has 0 heterocycles. The van der Waals surface area contributed by atoms with Gasteiger partial charge in [-0.1, -0.05) is 13.8 Å². The highest BCUT2D eigenvalue weighted by atomic mass is 27.2. The summed E-state index contributed by atoms with van der Waals surface area (Å²) >= 11 is -0.589. The summed E-state index contributed by atoms with van der Waals surface area (Å²) in [5.74, 6) is 0. The van der Waals surface area contributed by atoms with E-state index in [4.69, 9.17) is 7.58 Å². The lowest BCUT2D eigenvalue weighted by Crippen LogP contribution is -2.02. The molecule has 0 aliphatic heterocycles. The van der Waals surface area contributed by atoms with Crippen molar-refractivity contribution in [1.82, 2.24) is 0 Å². The van der Waals surface area contributed by atoms with Gasteiger partial charge in [0.15, 0.2) is 0 Å². The molecule has 0 aromatic rings. The fourth-order valence-electron chi connectivity index (χ4n) is 0.226. The predicted octanol–water partition coefficient (Wildman–Crippen LogP) is 1.17. The molecule has 0 atom stereocenters. The molecule has 0 fully saturated rings. The number of hydrogen-bond acceptors (Lipinski definition) is 2. The van der Waals surface area contributed by atoms with Gasteiger partial charge >= 0.3 is 15.9 Å². The standard InChI is InChI=1S/2C2H5O.C2H5.Al.H/c2*1-2-3;1-2;;/h2*2H2,1H3;1H2,2H3;;/q2*-1;;+2;. The minimum Gasteiger partial charge on any atom is -0.481 e. The van der Waals surface area contributed by atoms with Gasteiger partial charge in [0.2, 0.25) is 0 Å². The maximum Gasteiger partial charge on any atom is 0.649 e. The van der Waals surface area contributed by atoms with E-state index in [1.807, 2.05) is 13.8 Å². The minimum absolute atomic E-state index is 0.589. The van der Waals surface area contributed by atoms with Crippen LogP contribution in [0.25, 0.3) is 0 Å². The molecule has 0 N–H and O–H groups in total. The van der Waals surface area contributed by atoms with Crippen LogP contribution in [-0.4, -0.2) is 29.1 Å². The zero-order valence-corrected chi connectivity index (χ0v) is 8.06. The molecule has 0 saturated carbocycles. The van der Waals surface area contributed by atoms with Crippen molar-refractivity contribution >= 4 is 15.9 Å². The van der Waals surface area contributed by atoms with Crippen molar-refractivity contribution < 1.29 is 7.58 Å². The van der Waals surface area contributed by atoms with Gasteiger partial charge in [0.05, 0.1) is 0 Å². The summed E-state index contributed by atoms with van der Waals surface area (Å²) in [6, 6.07) is 0. The van der Waals surface area contributed by atoms with Crippen molar-refractivity contribution in [2.75, 3.05) is 13.2 Å². The Morgan fingerprint density at radius 3 is 1.67 bits per heavy atom. The van der Waals surface area contributed by atoms with Crippen LogP contribution in [0.5, 0.6) is 0 Å². The van der Waals surface area contributed by atoms with Gasteiger partial charge in [0, 0.05) is 13.2 Å². The molecule has 0 aliphatic rings. The van der Waals surface area contributed by atoms with Gasteiger partial charge in [-0.2, -0.15) is 0 Å². The molecule has 55 valence electrons. The molecule has 0 bridgehead atoms. The lowest BCUT2D eigenvalue weighted by atomic mass is 10.9. The average Bonchev–Trinajstić information content (AvgIpc) is 1.94. The fourth-order valence-corrected chi connectivity index (χ4v) is 0.677. The molecular formula is C6H16AlO2. The quantitative estimate of drug-likeness (QED) is 0.439. The van der Waals surface area contributed by atoms with Crippen LogP contribution in [0.3, 0.4) is 0 Å². The monoisotopic (exact) mass is 147 g/mol. The van der Waals surface area contributed by atoms with Gasteiger partial charge in [-0.05, 0) is 13.8 Å². The SMILES string of the molecule is CC[O][AlH][O]CC.[CH2]C. The Bertz CT molecular complexity index is 30.2. The second-order valence-electron chi connectivity index (χ2n) is 1.10. The van der Waals surface area contributed by atoms with Crippen LogP contribution in [0, 0.1) is 6.92 Å². The molecule has 2 nitrogen and oxygen atoms in total. The molecule has 0 saturated heterocycles. The molecule has 0 aromatic heterocycles. The first-order valence-corrected chi connectivity index (χ1v) is 4.43. The highest BCUT2D eigenvalue weighted by Gasteiger charge is 1.88. The highest BCUT2D eigenvalue weighted by Crippen LogP contribution is 1.70. The molecule has 9 heavy (non-hydrogen) atoms. The maximum atomic E-state index is 4.99. The Morgan fingerprint density at radius 1 is 1.11 bits per heavy atom. The normalized spacial score (nSPS) is 7.56. The summed E-state index contributed by atoms with van der Waals surface area (Å²) < 4.78 is 9.98. The third-order valence-corrected chi connectivity index (χ3v) is 1.72. The molecule has 0 rings (SSSR count). The molecular weight excluding hydrogens is 131 g/mol. The molecule has 3 heteroatoms. The molecule has 0 spiro atoms. The van der Waals surface area contributed by atoms with E-state index in [0.29, 0.717) is 0 Å². The first-order valence-electron chi connectivity index (χ1n) is 3.28. The van der Waals surface area contributed by atoms with Gasteiger partial charge < -0.3 is 7.58 Å². The Hall–Kier alpha value is 0.452. The van der Waals surface area contributed by atoms with E-state index >= 15 is 0 Å². The van der Waals surface area contributed by atoms with E-state index in [2.05, 4.69) is 6.92 Å². The lowest BCUT2D eigenvalue weighted by Gasteiger charge is -1.95. The lowest BCUT2D eigenvalue weighted by molar-refractivity contribution is 0.240. The van der Waals surface area contributed by atoms with Crippen LogP contribution >= 0.6 is 0 Å². The van der Waals surface area contributed by atoms with E-state index in [1.165, 1.54) is 0 Å². The summed E-state index contributed by atoms with van der Waals surface area (Å²) in [6.07, 6.45) is 0. The molecule has 0 aliphatic carbocycles. The second kappa shape index (κ2) is 15.8. The van der Waals surface area contributed by atoms with Crippen LogP contribution in [-0.2, 0) is 7.58 Å². The van der Waals surface area contributed by atoms with Crippen molar-refractivity contribution in [3.63, 3.8) is 0 Å². The highest BCUT2D eigenvalue weighted by molar-refractivity contribution is 6.17. The van der Waals surface area contributed by atoms with Crippen molar-refractivity contribution in [3.05, 3.63) is 6.92 Å². The van der Waals surface area contributed by atoms with E-state index in [1.54, 1.807) is 6.92 Å². The Labute approximate surface area is 64.9 Å². The Kier molecular flexibility index (Phi) is 21.3. The number of hydrogen-bond donors (Lipinski definition) is 0. The topological polar surface area (TPSA) is 18.5 Å². The van der Waals surface area contributed by atoms with Gasteiger partial charge in [-0.3, -0.25) is 0 Å². The Balaban J connectivity index is 0. The summed E-state index contributed by atoms with van der Waals surface area (Å²) in [5.41, 5.74) is 0. The van der Waals surface area contributed by atoms with Gasteiger partial charge in [-0.15, -0.1) is 0 Å². The summed E-state index contributed by atoms with van der Waals surface area (Å²) in [6.45, 7) is 10.6. The minimum atomic E-state index is -0.589. The third kappa shape index (κ3) is 17.8. The largest absolute Gasteiger partial charge is 0.649 e. The van der Waals surface area contributed by atoms with Gasteiger partial charge in [0.25, 0.3) is 0 Å². The van der Waals surface area contributed by atoms with Gasteiger partial charge in [-0.25, -0.2) is 0 Å². The summed E-state index contributed by atoms with van der Waals surface area (Å²) in [4.78, 5) is 0. The predicted molar refractivity (Wildman–Crippen MR) is 41.4 cm³/mol. The first kappa shape index (κ1) is 12.2. The van der Waals surface area contributed by atoms with E-state index in [9.17, 15) is 0 Å². The van der Waals surface area contributed by atoms with E-state index in [0.717, 1.165) is 13.2 Å². The molecule has 0 aromatic carbocycles. The van der Waals surface area contributed by atoms with Crippen molar-refractivity contribution in [2.45, 2.75) is 20.8 Å². The van der Waals surface area contributed by atoms with Crippen molar-refractivity contribution in [2.24, 2.45) is 0 Å².